The third-order valence-corrected chi connectivity index (χ3v) is 8.09. The Balaban J connectivity index is 1.17. The first-order valence-electron chi connectivity index (χ1n) is 13.5. The number of halogens is 2. The van der Waals surface area contributed by atoms with Gasteiger partial charge < -0.3 is 14.8 Å². The number of nitrogens with zero attached hydrogens (tertiary/aromatic N) is 7. The molecule has 2 saturated heterocycles. The van der Waals surface area contributed by atoms with E-state index in [-0.39, 0.29) is 17.1 Å². The van der Waals surface area contributed by atoms with E-state index in [1.165, 1.54) is 32.0 Å². The molecule has 0 unspecified atom stereocenters. The van der Waals surface area contributed by atoms with E-state index in [0.29, 0.717) is 34.1 Å². The second-order valence-corrected chi connectivity index (χ2v) is 11.5. The van der Waals surface area contributed by atoms with Gasteiger partial charge in [-0.15, -0.1) is 0 Å². The molecule has 3 aromatic heterocycles. The summed E-state index contributed by atoms with van der Waals surface area (Å²) in [7, 11) is 2.19. The minimum absolute atomic E-state index is 0.0839. The zero-order valence-corrected chi connectivity index (χ0v) is 22.9. The fourth-order valence-corrected chi connectivity index (χ4v) is 6.28. The van der Waals surface area contributed by atoms with Gasteiger partial charge >= 0.3 is 0 Å². The Morgan fingerprint density at radius 3 is 2.36 bits per heavy atom. The van der Waals surface area contributed by atoms with Gasteiger partial charge in [0, 0.05) is 49.2 Å². The third-order valence-electron chi connectivity index (χ3n) is 8.09. The fourth-order valence-electron chi connectivity index (χ4n) is 6.28. The first kappa shape index (κ1) is 25.8. The number of imidazole rings is 1. The predicted octanol–water partition coefficient (Wildman–Crippen LogP) is 5.33. The van der Waals surface area contributed by atoms with Crippen molar-refractivity contribution in [1.29, 1.82) is 0 Å². The van der Waals surface area contributed by atoms with Gasteiger partial charge in [0.2, 0.25) is 5.95 Å². The summed E-state index contributed by atoms with van der Waals surface area (Å²) < 4.78 is 31.8. The molecule has 1 aromatic carbocycles. The highest BCUT2D eigenvalue weighted by molar-refractivity contribution is 5.84. The van der Waals surface area contributed by atoms with Crippen LogP contribution in [0.15, 0.2) is 36.8 Å². The molecule has 4 aromatic rings. The maximum absolute atomic E-state index is 15.0. The van der Waals surface area contributed by atoms with Crippen LogP contribution in [0.1, 0.15) is 44.1 Å². The molecule has 204 valence electrons. The molecule has 2 aliphatic heterocycles. The van der Waals surface area contributed by atoms with E-state index in [1.807, 2.05) is 37.7 Å². The van der Waals surface area contributed by atoms with Crippen LogP contribution >= 0.6 is 0 Å². The van der Waals surface area contributed by atoms with Gasteiger partial charge in [0.15, 0.2) is 5.82 Å². The van der Waals surface area contributed by atoms with Crippen LogP contribution in [0.25, 0.3) is 22.2 Å². The van der Waals surface area contributed by atoms with Crippen molar-refractivity contribution in [3.05, 3.63) is 59.8 Å². The van der Waals surface area contributed by atoms with Crippen molar-refractivity contribution in [3.63, 3.8) is 0 Å². The van der Waals surface area contributed by atoms with E-state index >= 15 is 0 Å². The molecule has 0 aliphatic carbocycles. The summed E-state index contributed by atoms with van der Waals surface area (Å²) in [4.78, 5) is 22.3. The quantitative estimate of drug-likeness (QED) is 0.360. The molecule has 1 spiro atoms. The minimum Gasteiger partial charge on any atom is -0.326 e. The number of hydrogen-bond donors (Lipinski definition) is 1. The number of fused-ring (bicyclic) bond motifs is 1. The second-order valence-electron chi connectivity index (χ2n) is 11.5. The molecular formula is C29H34F2N8. The number of aromatic nitrogens is 5. The monoisotopic (exact) mass is 532 g/mol. The summed E-state index contributed by atoms with van der Waals surface area (Å²) in [6, 6.07) is 4.73. The van der Waals surface area contributed by atoms with Crippen LogP contribution in [0.5, 0.6) is 0 Å². The zero-order chi connectivity index (χ0) is 27.3. The van der Waals surface area contributed by atoms with Crippen LogP contribution in [0.4, 0.5) is 20.5 Å². The zero-order valence-electron chi connectivity index (χ0n) is 22.9. The number of nitrogens with one attached hydrogen (secondary N) is 1. The Hall–Kier alpha value is -3.50. The van der Waals surface area contributed by atoms with Gasteiger partial charge in [0.1, 0.15) is 23.0 Å². The smallest absolute Gasteiger partial charge is 0.228 e. The molecule has 0 saturated carbocycles. The van der Waals surface area contributed by atoms with E-state index in [0.717, 1.165) is 31.4 Å². The first-order chi connectivity index (χ1) is 18.7. The summed E-state index contributed by atoms with van der Waals surface area (Å²) in [5, 5.41) is 3.06. The summed E-state index contributed by atoms with van der Waals surface area (Å²) >= 11 is 0. The summed E-state index contributed by atoms with van der Waals surface area (Å²) in [6.45, 7) is 11.3. The molecule has 2 aliphatic rings. The highest BCUT2D eigenvalue weighted by Crippen LogP contribution is 2.39. The van der Waals surface area contributed by atoms with Crippen molar-refractivity contribution in [1.82, 2.24) is 34.3 Å². The maximum atomic E-state index is 15.0. The molecule has 1 N–H and O–H groups in total. The number of hydrogen-bond acceptors (Lipinski definition) is 7. The number of aryl methyl sites for hydroxylation is 1. The summed E-state index contributed by atoms with van der Waals surface area (Å²) in [5.74, 6) is 0.428. The molecule has 0 radical (unpaired) electrons. The van der Waals surface area contributed by atoms with Crippen LogP contribution in [-0.4, -0.2) is 67.5 Å². The van der Waals surface area contributed by atoms with Gasteiger partial charge in [-0.25, -0.2) is 28.7 Å². The molecule has 5 heterocycles. The minimum atomic E-state index is -0.542. The number of benzene rings is 1. The highest BCUT2D eigenvalue weighted by atomic mass is 19.1. The van der Waals surface area contributed by atoms with E-state index in [4.69, 9.17) is 0 Å². The molecular weight excluding hydrogens is 498 g/mol. The summed E-state index contributed by atoms with van der Waals surface area (Å²) in [5.41, 5.74) is 3.15. The molecule has 39 heavy (non-hydrogen) atoms. The molecule has 0 atom stereocenters. The average molecular weight is 533 g/mol. The standard InChI is InChI=1S/C29H34F2N8/c1-18(2)39-19(3)35-27-23(30)9-21(10-25(27)39)22-11-26(32-14-24(22)31)36-28-33-12-20(13-34-28)15-38-7-5-29(6-8-38)16-37(4)17-29/h9-14,18H,5-8,15-17H2,1-4H3,(H,32,33,34,36). The second kappa shape index (κ2) is 9.91. The lowest BCUT2D eigenvalue weighted by atomic mass is 9.72. The molecule has 8 nitrogen and oxygen atoms in total. The molecule has 0 amide bonds. The largest absolute Gasteiger partial charge is 0.326 e. The Morgan fingerprint density at radius 2 is 1.69 bits per heavy atom. The first-order valence-corrected chi connectivity index (χ1v) is 13.5. The number of pyridine rings is 1. The lowest BCUT2D eigenvalue weighted by Gasteiger charge is -2.53. The molecule has 0 bridgehead atoms. The van der Waals surface area contributed by atoms with Crippen LogP contribution in [0, 0.1) is 24.0 Å². The number of rotatable bonds is 6. The van der Waals surface area contributed by atoms with Crippen LogP contribution in [0.3, 0.4) is 0 Å². The average Bonchev–Trinajstić information content (AvgIpc) is 3.23. The Bertz CT molecular complexity index is 1500. The maximum Gasteiger partial charge on any atom is 0.228 e. The van der Waals surface area contributed by atoms with Gasteiger partial charge in [0.05, 0.1) is 11.7 Å². The molecule has 2 fully saturated rings. The van der Waals surface area contributed by atoms with Crippen LogP contribution in [0.2, 0.25) is 0 Å². The van der Waals surface area contributed by atoms with E-state index in [9.17, 15) is 8.78 Å². The SMILES string of the molecule is Cc1nc2c(F)cc(-c3cc(Nc4ncc(CN5CCC6(CC5)CN(C)C6)cn4)ncc3F)cc2n1C(C)C. The number of anilines is 2. The van der Waals surface area contributed by atoms with Crippen molar-refractivity contribution < 1.29 is 8.78 Å². The predicted molar refractivity (Wildman–Crippen MR) is 148 cm³/mol. The Labute approximate surface area is 227 Å². The van der Waals surface area contributed by atoms with Gasteiger partial charge in [0.25, 0.3) is 0 Å². The van der Waals surface area contributed by atoms with E-state index in [1.54, 1.807) is 12.1 Å². The topological polar surface area (TPSA) is 75.0 Å². The van der Waals surface area contributed by atoms with Gasteiger partial charge in [-0.05, 0) is 82.9 Å². The van der Waals surface area contributed by atoms with Crippen molar-refractivity contribution in [3.8, 4) is 11.1 Å². The number of piperidine rings is 1. The fraction of sp³-hybridized carbons (Fsp3) is 0.448. The Morgan fingerprint density at radius 1 is 0.974 bits per heavy atom. The van der Waals surface area contributed by atoms with Crippen molar-refractivity contribution >= 4 is 22.8 Å². The summed E-state index contributed by atoms with van der Waals surface area (Å²) in [6.07, 6.45) is 7.25. The third kappa shape index (κ3) is 4.98. The lowest BCUT2D eigenvalue weighted by Crippen LogP contribution is -2.58. The van der Waals surface area contributed by atoms with Crippen LogP contribution in [-0.2, 0) is 6.54 Å². The van der Waals surface area contributed by atoms with Crippen molar-refractivity contribution in [2.45, 2.75) is 46.2 Å². The van der Waals surface area contributed by atoms with E-state index in [2.05, 4.69) is 42.1 Å². The van der Waals surface area contributed by atoms with Gasteiger partial charge in [-0.1, -0.05) is 0 Å². The normalized spacial score (nSPS) is 17.7. The van der Waals surface area contributed by atoms with Crippen molar-refractivity contribution in [2.24, 2.45) is 5.41 Å². The van der Waals surface area contributed by atoms with Gasteiger partial charge in [-0.3, -0.25) is 4.90 Å². The van der Waals surface area contributed by atoms with Crippen LogP contribution < -0.4 is 5.32 Å². The lowest BCUT2D eigenvalue weighted by molar-refractivity contribution is -0.0329. The molecule has 6 rings (SSSR count). The van der Waals surface area contributed by atoms with Crippen molar-refractivity contribution in [2.75, 3.05) is 38.5 Å². The number of likely N-dealkylation sites (tertiary alicyclic amines) is 2. The highest BCUT2D eigenvalue weighted by Gasteiger charge is 2.42. The van der Waals surface area contributed by atoms with E-state index < -0.39 is 11.6 Å². The van der Waals surface area contributed by atoms with Gasteiger partial charge in [-0.2, -0.15) is 0 Å². The Kier molecular flexibility index (Phi) is 6.55. The molecule has 10 heteroatoms.